The second-order valence-electron chi connectivity index (χ2n) is 6.07. The van der Waals surface area contributed by atoms with Crippen LogP contribution in [-0.4, -0.2) is 42.0 Å². The van der Waals surface area contributed by atoms with Gasteiger partial charge in [0.25, 0.3) is 5.91 Å². The first kappa shape index (κ1) is 13.4. The van der Waals surface area contributed by atoms with Crippen molar-refractivity contribution < 1.29 is 4.79 Å². The summed E-state index contributed by atoms with van der Waals surface area (Å²) in [5.74, 6) is 1.66. The maximum Gasteiger partial charge on any atom is 0.272 e. The van der Waals surface area contributed by atoms with Crippen molar-refractivity contribution in [1.82, 2.24) is 9.88 Å². The molecule has 108 valence electrons. The third-order valence-electron chi connectivity index (χ3n) is 4.33. The van der Waals surface area contributed by atoms with Crippen LogP contribution in [0.1, 0.15) is 43.1 Å². The molecule has 2 fully saturated rings. The zero-order chi connectivity index (χ0) is 13.9. The minimum absolute atomic E-state index is 0.0950. The van der Waals surface area contributed by atoms with Crippen molar-refractivity contribution in [3.63, 3.8) is 0 Å². The third kappa shape index (κ3) is 2.79. The second kappa shape index (κ2) is 5.81. The Kier molecular flexibility index (Phi) is 3.90. The lowest BCUT2D eigenvalue weighted by atomic mass is 10.00. The second-order valence-corrected chi connectivity index (χ2v) is 6.07. The lowest BCUT2D eigenvalue weighted by Crippen LogP contribution is -2.39. The number of aromatic nitrogens is 1. The average molecular weight is 273 g/mol. The summed E-state index contributed by atoms with van der Waals surface area (Å²) in [4.78, 5) is 21.4. The average Bonchev–Trinajstić information content (AvgIpc) is 3.01. The molecule has 1 amide bonds. The Morgan fingerprint density at radius 3 is 2.75 bits per heavy atom. The Morgan fingerprint density at radius 1 is 1.20 bits per heavy atom. The van der Waals surface area contributed by atoms with E-state index in [1.807, 2.05) is 23.1 Å². The summed E-state index contributed by atoms with van der Waals surface area (Å²) in [6.45, 7) is 6.08. The fourth-order valence-electron chi connectivity index (χ4n) is 3.20. The third-order valence-corrected chi connectivity index (χ3v) is 4.33. The molecule has 1 atom stereocenters. The number of rotatable bonds is 2. The normalized spacial score (nSPS) is 23.1. The highest BCUT2D eigenvalue weighted by Gasteiger charge is 2.23. The van der Waals surface area contributed by atoms with Crippen LogP contribution in [-0.2, 0) is 0 Å². The number of likely N-dealkylation sites (tertiary alicyclic amines) is 1. The van der Waals surface area contributed by atoms with Crippen LogP contribution in [0.15, 0.2) is 18.2 Å². The van der Waals surface area contributed by atoms with Gasteiger partial charge in [-0.2, -0.15) is 0 Å². The van der Waals surface area contributed by atoms with Gasteiger partial charge in [-0.15, -0.1) is 0 Å². The molecule has 0 aromatic carbocycles. The highest BCUT2D eigenvalue weighted by Crippen LogP contribution is 2.20. The van der Waals surface area contributed by atoms with Crippen LogP contribution in [0.4, 0.5) is 5.82 Å². The van der Waals surface area contributed by atoms with Gasteiger partial charge < -0.3 is 9.80 Å². The van der Waals surface area contributed by atoms with Gasteiger partial charge >= 0.3 is 0 Å². The SMILES string of the molecule is CC1CCCN(C(=O)c2cccc(N3CCCC3)n2)C1. The first-order valence-electron chi connectivity index (χ1n) is 7.75. The molecule has 2 aliphatic rings. The zero-order valence-electron chi connectivity index (χ0n) is 12.2. The smallest absolute Gasteiger partial charge is 0.272 e. The molecule has 3 heterocycles. The molecule has 4 nitrogen and oxygen atoms in total. The van der Waals surface area contributed by atoms with Gasteiger partial charge in [0.05, 0.1) is 0 Å². The van der Waals surface area contributed by atoms with Crippen LogP contribution < -0.4 is 4.90 Å². The van der Waals surface area contributed by atoms with Gasteiger partial charge in [0, 0.05) is 26.2 Å². The van der Waals surface area contributed by atoms with Crippen molar-refractivity contribution in [2.75, 3.05) is 31.1 Å². The van der Waals surface area contributed by atoms with Gasteiger partial charge in [0.1, 0.15) is 11.5 Å². The molecular weight excluding hydrogens is 250 g/mol. The summed E-state index contributed by atoms with van der Waals surface area (Å²) < 4.78 is 0. The standard InChI is InChI=1S/C16H23N3O/c1-13-6-5-11-19(12-13)16(20)14-7-4-8-15(17-14)18-9-2-3-10-18/h4,7-8,13H,2-3,5-6,9-12H2,1H3. The van der Waals surface area contributed by atoms with Crippen LogP contribution in [0.5, 0.6) is 0 Å². The van der Waals surface area contributed by atoms with E-state index in [2.05, 4.69) is 16.8 Å². The molecule has 0 aliphatic carbocycles. The van der Waals surface area contributed by atoms with Gasteiger partial charge in [-0.05, 0) is 43.7 Å². The van der Waals surface area contributed by atoms with E-state index in [9.17, 15) is 4.79 Å². The molecule has 4 heteroatoms. The predicted octanol–water partition coefficient (Wildman–Crippen LogP) is 2.55. The molecule has 1 aromatic rings. The van der Waals surface area contributed by atoms with Gasteiger partial charge in [0.2, 0.25) is 0 Å². The maximum absolute atomic E-state index is 12.6. The van der Waals surface area contributed by atoms with Crippen molar-refractivity contribution >= 4 is 11.7 Å². The number of anilines is 1. The van der Waals surface area contributed by atoms with E-state index in [0.29, 0.717) is 11.6 Å². The van der Waals surface area contributed by atoms with Crippen molar-refractivity contribution in [2.24, 2.45) is 5.92 Å². The largest absolute Gasteiger partial charge is 0.357 e. The van der Waals surface area contributed by atoms with Crippen molar-refractivity contribution in [2.45, 2.75) is 32.6 Å². The molecule has 2 aliphatic heterocycles. The van der Waals surface area contributed by atoms with Crippen molar-refractivity contribution in [3.8, 4) is 0 Å². The van der Waals surface area contributed by atoms with E-state index in [-0.39, 0.29) is 5.91 Å². The van der Waals surface area contributed by atoms with E-state index < -0.39 is 0 Å². The monoisotopic (exact) mass is 273 g/mol. The Hall–Kier alpha value is -1.58. The summed E-state index contributed by atoms with van der Waals surface area (Å²) in [5.41, 5.74) is 0.600. The number of carbonyl (C=O) groups excluding carboxylic acids is 1. The predicted molar refractivity (Wildman–Crippen MR) is 80.0 cm³/mol. The first-order chi connectivity index (χ1) is 9.74. The zero-order valence-corrected chi connectivity index (χ0v) is 12.2. The van der Waals surface area contributed by atoms with E-state index in [4.69, 9.17) is 0 Å². The van der Waals surface area contributed by atoms with Crippen LogP contribution in [0.3, 0.4) is 0 Å². The fourth-order valence-corrected chi connectivity index (χ4v) is 3.20. The highest BCUT2D eigenvalue weighted by atomic mass is 16.2. The van der Waals surface area contributed by atoms with Crippen molar-refractivity contribution in [1.29, 1.82) is 0 Å². The van der Waals surface area contributed by atoms with E-state index in [0.717, 1.165) is 38.4 Å². The van der Waals surface area contributed by atoms with Crippen LogP contribution in [0, 0.1) is 5.92 Å². The highest BCUT2D eigenvalue weighted by molar-refractivity contribution is 5.92. The Labute approximate surface area is 120 Å². The molecule has 1 aromatic heterocycles. The van der Waals surface area contributed by atoms with Gasteiger partial charge in [0.15, 0.2) is 0 Å². The van der Waals surface area contributed by atoms with E-state index >= 15 is 0 Å². The molecule has 20 heavy (non-hydrogen) atoms. The number of amides is 1. The van der Waals surface area contributed by atoms with Crippen LogP contribution in [0.2, 0.25) is 0 Å². The lowest BCUT2D eigenvalue weighted by molar-refractivity contribution is 0.0677. The quantitative estimate of drug-likeness (QED) is 0.831. The van der Waals surface area contributed by atoms with Gasteiger partial charge in [-0.25, -0.2) is 4.98 Å². The number of pyridine rings is 1. The van der Waals surface area contributed by atoms with E-state index in [1.54, 1.807) is 0 Å². The Bertz CT molecular complexity index is 482. The van der Waals surface area contributed by atoms with Crippen molar-refractivity contribution in [3.05, 3.63) is 23.9 Å². The summed E-state index contributed by atoms with van der Waals surface area (Å²) >= 11 is 0. The molecule has 2 saturated heterocycles. The fraction of sp³-hybridized carbons (Fsp3) is 0.625. The molecule has 0 spiro atoms. The first-order valence-corrected chi connectivity index (χ1v) is 7.75. The summed E-state index contributed by atoms with van der Waals surface area (Å²) in [6, 6.07) is 5.82. The summed E-state index contributed by atoms with van der Waals surface area (Å²) in [7, 11) is 0. The minimum Gasteiger partial charge on any atom is -0.357 e. The van der Waals surface area contributed by atoms with Crippen LogP contribution in [0.25, 0.3) is 0 Å². The number of nitrogens with zero attached hydrogens (tertiary/aromatic N) is 3. The molecule has 0 bridgehead atoms. The summed E-state index contributed by atoms with van der Waals surface area (Å²) in [5, 5.41) is 0. The van der Waals surface area contributed by atoms with Gasteiger partial charge in [-0.1, -0.05) is 13.0 Å². The Balaban J connectivity index is 1.75. The molecule has 1 unspecified atom stereocenters. The lowest BCUT2D eigenvalue weighted by Gasteiger charge is -2.30. The Morgan fingerprint density at radius 2 is 2.00 bits per heavy atom. The minimum atomic E-state index is 0.0950. The molecular formula is C16H23N3O. The topological polar surface area (TPSA) is 36.4 Å². The number of piperidine rings is 1. The maximum atomic E-state index is 12.6. The van der Waals surface area contributed by atoms with Gasteiger partial charge in [-0.3, -0.25) is 4.79 Å². The number of hydrogen-bond acceptors (Lipinski definition) is 3. The van der Waals surface area contributed by atoms with Crippen LogP contribution >= 0.6 is 0 Å². The van der Waals surface area contributed by atoms with E-state index in [1.165, 1.54) is 19.3 Å². The molecule has 0 N–H and O–H groups in total. The number of hydrogen-bond donors (Lipinski definition) is 0. The molecule has 0 radical (unpaired) electrons. The molecule has 3 rings (SSSR count). The summed E-state index contributed by atoms with van der Waals surface area (Å²) in [6.07, 6.45) is 4.79. The molecule has 0 saturated carbocycles. The number of carbonyl (C=O) groups is 1.